The Morgan fingerprint density at radius 1 is 1.15 bits per heavy atom. The molecule has 0 spiro atoms. The monoisotopic (exact) mass is 302 g/mol. The number of nitrogens with zero attached hydrogens (tertiary/aromatic N) is 2. The maximum absolute atomic E-state index is 12.3. The molecule has 1 heterocycles. The Labute approximate surface area is 122 Å². The molecule has 1 saturated carbocycles. The van der Waals surface area contributed by atoms with E-state index in [0.717, 1.165) is 52.0 Å². The minimum atomic E-state index is -2.99. The minimum Gasteiger partial charge on any atom is -0.340 e. The highest BCUT2D eigenvalue weighted by Crippen LogP contribution is 2.50. The molecule has 0 aromatic rings. The van der Waals surface area contributed by atoms with Gasteiger partial charge < -0.3 is 4.90 Å². The summed E-state index contributed by atoms with van der Waals surface area (Å²) in [5, 5.41) is 0. The van der Waals surface area contributed by atoms with Crippen molar-refractivity contribution in [2.24, 2.45) is 5.41 Å². The lowest BCUT2D eigenvalue weighted by atomic mass is 10.0. The molecule has 5 nitrogen and oxygen atoms in total. The fraction of sp³-hybridized carbons (Fsp3) is 0.929. The van der Waals surface area contributed by atoms with Crippen molar-refractivity contribution in [2.45, 2.75) is 32.6 Å². The van der Waals surface area contributed by atoms with Crippen LogP contribution in [0.15, 0.2) is 0 Å². The zero-order valence-electron chi connectivity index (χ0n) is 12.6. The van der Waals surface area contributed by atoms with Gasteiger partial charge in [0.05, 0.1) is 5.75 Å². The molecule has 2 rings (SSSR count). The van der Waals surface area contributed by atoms with Crippen molar-refractivity contribution in [2.75, 3.05) is 44.7 Å². The summed E-state index contributed by atoms with van der Waals surface area (Å²) in [6.45, 7) is 6.72. The van der Waals surface area contributed by atoms with Crippen LogP contribution in [0.1, 0.15) is 32.6 Å². The first-order valence-electron chi connectivity index (χ1n) is 7.51. The van der Waals surface area contributed by atoms with Gasteiger partial charge in [0, 0.05) is 38.9 Å². The second-order valence-electron chi connectivity index (χ2n) is 6.47. The van der Waals surface area contributed by atoms with E-state index in [-0.39, 0.29) is 17.1 Å². The summed E-state index contributed by atoms with van der Waals surface area (Å²) in [6, 6.07) is 0. The van der Waals surface area contributed by atoms with E-state index in [9.17, 15) is 13.2 Å². The van der Waals surface area contributed by atoms with Crippen LogP contribution >= 0.6 is 0 Å². The summed E-state index contributed by atoms with van der Waals surface area (Å²) in [5.41, 5.74) is -0.245. The van der Waals surface area contributed by atoms with E-state index in [2.05, 4.69) is 11.8 Å². The van der Waals surface area contributed by atoms with Crippen LogP contribution in [0, 0.1) is 5.41 Å². The molecule has 0 N–H and O–H groups in total. The van der Waals surface area contributed by atoms with Crippen LogP contribution in [0.3, 0.4) is 0 Å². The molecule has 1 amide bonds. The van der Waals surface area contributed by atoms with Crippen molar-refractivity contribution >= 4 is 15.7 Å². The maximum Gasteiger partial charge on any atom is 0.223 e. The van der Waals surface area contributed by atoms with Gasteiger partial charge in [-0.2, -0.15) is 0 Å². The van der Waals surface area contributed by atoms with Gasteiger partial charge in [0.25, 0.3) is 0 Å². The van der Waals surface area contributed by atoms with Gasteiger partial charge >= 0.3 is 0 Å². The van der Waals surface area contributed by atoms with Crippen LogP contribution in [0.4, 0.5) is 0 Å². The van der Waals surface area contributed by atoms with Crippen LogP contribution < -0.4 is 0 Å². The highest BCUT2D eigenvalue weighted by molar-refractivity contribution is 7.90. The topological polar surface area (TPSA) is 57.7 Å². The Morgan fingerprint density at radius 3 is 2.20 bits per heavy atom. The Morgan fingerprint density at radius 2 is 1.75 bits per heavy atom. The third-order valence-corrected chi connectivity index (χ3v) is 5.45. The van der Waals surface area contributed by atoms with Gasteiger partial charge in [-0.25, -0.2) is 8.42 Å². The lowest BCUT2D eigenvalue weighted by Crippen LogP contribution is -2.49. The summed E-state index contributed by atoms with van der Waals surface area (Å²) < 4.78 is 22.9. The van der Waals surface area contributed by atoms with E-state index in [1.54, 1.807) is 0 Å². The molecule has 0 aromatic carbocycles. The molecule has 0 aromatic heterocycles. The maximum atomic E-state index is 12.3. The van der Waals surface area contributed by atoms with Crippen LogP contribution in [-0.2, 0) is 14.6 Å². The molecule has 1 aliphatic carbocycles. The van der Waals surface area contributed by atoms with Gasteiger partial charge in [-0.05, 0) is 31.2 Å². The minimum absolute atomic E-state index is 0.141. The third-order valence-electron chi connectivity index (χ3n) is 4.32. The van der Waals surface area contributed by atoms with Crippen molar-refractivity contribution in [3.63, 3.8) is 0 Å². The Kier molecular flexibility index (Phi) is 4.74. The van der Waals surface area contributed by atoms with Crippen molar-refractivity contribution in [1.29, 1.82) is 0 Å². The first kappa shape index (κ1) is 15.8. The molecule has 2 aliphatic rings. The van der Waals surface area contributed by atoms with Crippen molar-refractivity contribution in [3.05, 3.63) is 0 Å². The predicted octanol–water partition coefficient (Wildman–Crippen LogP) is 0.755. The standard InChI is InChI=1S/C14H26N2O3S/c1-3-6-15-7-9-16(10-8-15)13(17)11-14(4-5-14)12-20(2,18)19/h3-12H2,1-2H3. The summed E-state index contributed by atoms with van der Waals surface area (Å²) in [6.07, 6.45) is 4.57. The van der Waals surface area contributed by atoms with E-state index in [1.165, 1.54) is 6.26 Å². The molecule has 6 heteroatoms. The van der Waals surface area contributed by atoms with Gasteiger partial charge in [-0.15, -0.1) is 0 Å². The van der Waals surface area contributed by atoms with E-state index in [1.807, 2.05) is 4.90 Å². The Balaban J connectivity index is 1.81. The average molecular weight is 302 g/mol. The number of carbonyl (C=O) groups is 1. The molecule has 0 radical (unpaired) electrons. The summed E-state index contributed by atoms with van der Waals surface area (Å²) in [4.78, 5) is 16.6. The number of carbonyl (C=O) groups excluding carboxylic acids is 1. The fourth-order valence-corrected chi connectivity index (χ4v) is 4.58. The number of amides is 1. The van der Waals surface area contributed by atoms with E-state index in [4.69, 9.17) is 0 Å². The van der Waals surface area contributed by atoms with Crippen LogP contribution in [0.25, 0.3) is 0 Å². The molecule has 0 unspecified atom stereocenters. The second kappa shape index (κ2) is 6.02. The molecule has 1 saturated heterocycles. The zero-order valence-corrected chi connectivity index (χ0v) is 13.4. The highest BCUT2D eigenvalue weighted by atomic mass is 32.2. The molecular formula is C14H26N2O3S. The number of sulfone groups is 1. The fourth-order valence-electron chi connectivity index (χ4n) is 3.07. The SMILES string of the molecule is CCCN1CCN(C(=O)CC2(CS(C)(=O)=O)CC2)CC1. The quantitative estimate of drug-likeness (QED) is 0.727. The molecule has 1 aliphatic heterocycles. The third kappa shape index (κ3) is 4.45. The molecule has 116 valence electrons. The largest absolute Gasteiger partial charge is 0.340 e. The van der Waals surface area contributed by atoms with Crippen LogP contribution in [-0.4, -0.2) is 68.9 Å². The predicted molar refractivity (Wildman–Crippen MR) is 79.3 cm³/mol. The van der Waals surface area contributed by atoms with E-state index >= 15 is 0 Å². The number of rotatable bonds is 6. The highest BCUT2D eigenvalue weighted by Gasteiger charge is 2.47. The smallest absolute Gasteiger partial charge is 0.223 e. The molecule has 2 fully saturated rings. The van der Waals surface area contributed by atoms with E-state index in [0.29, 0.717) is 6.42 Å². The normalized spacial score (nSPS) is 22.8. The Bertz CT molecular complexity index is 449. The first-order valence-corrected chi connectivity index (χ1v) is 9.57. The number of piperazine rings is 1. The summed E-state index contributed by atoms with van der Waals surface area (Å²) in [7, 11) is -2.99. The van der Waals surface area contributed by atoms with Gasteiger partial charge in [0.1, 0.15) is 9.84 Å². The molecule has 20 heavy (non-hydrogen) atoms. The second-order valence-corrected chi connectivity index (χ2v) is 8.61. The van der Waals surface area contributed by atoms with Gasteiger partial charge in [-0.3, -0.25) is 9.69 Å². The van der Waals surface area contributed by atoms with Crippen molar-refractivity contribution < 1.29 is 13.2 Å². The van der Waals surface area contributed by atoms with Crippen molar-refractivity contribution in [3.8, 4) is 0 Å². The molecular weight excluding hydrogens is 276 g/mol. The van der Waals surface area contributed by atoms with Crippen LogP contribution in [0.2, 0.25) is 0 Å². The first-order chi connectivity index (χ1) is 9.34. The summed E-state index contributed by atoms with van der Waals surface area (Å²) in [5.74, 6) is 0.309. The zero-order chi connectivity index (χ0) is 14.8. The molecule has 0 atom stereocenters. The van der Waals surface area contributed by atoms with Crippen molar-refractivity contribution in [1.82, 2.24) is 9.80 Å². The van der Waals surface area contributed by atoms with Gasteiger partial charge in [-0.1, -0.05) is 6.92 Å². The number of hydrogen-bond acceptors (Lipinski definition) is 4. The molecule has 0 bridgehead atoms. The average Bonchev–Trinajstić information content (AvgIpc) is 3.07. The summed E-state index contributed by atoms with van der Waals surface area (Å²) >= 11 is 0. The van der Waals surface area contributed by atoms with Gasteiger partial charge in [0.2, 0.25) is 5.91 Å². The number of hydrogen-bond donors (Lipinski definition) is 0. The van der Waals surface area contributed by atoms with Crippen LogP contribution in [0.5, 0.6) is 0 Å². The lowest BCUT2D eigenvalue weighted by molar-refractivity contribution is -0.134. The van der Waals surface area contributed by atoms with Gasteiger partial charge in [0.15, 0.2) is 0 Å². The lowest BCUT2D eigenvalue weighted by Gasteiger charge is -2.35. The Hall–Kier alpha value is -0.620. The van der Waals surface area contributed by atoms with E-state index < -0.39 is 9.84 Å².